The third kappa shape index (κ3) is 2.62. The molecule has 4 nitrogen and oxygen atoms in total. The predicted molar refractivity (Wildman–Crippen MR) is 68.4 cm³/mol. The van der Waals surface area contributed by atoms with Crippen molar-refractivity contribution in [3.8, 4) is 6.07 Å². The first-order valence-corrected chi connectivity index (χ1v) is 6.20. The summed E-state index contributed by atoms with van der Waals surface area (Å²) in [5, 5.41) is 18.1. The van der Waals surface area contributed by atoms with Crippen LogP contribution in [0.2, 0.25) is 0 Å². The third-order valence-electron chi connectivity index (χ3n) is 3.37. The molecule has 1 saturated heterocycles. The van der Waals surface area contributed by atoms with Crippen LogP contribution in [-0.4, -0.2) is 23.7 Å². The van der Waals surface area contributed by atoms with Crippen LogP contribution in [0.1, 0.15) is 31.2 Å². The van der Waals surface area contributed by atoms with Crippen molar-refractivity contribution in [1.82, 2.24) is 0 Å². The van der Waals surface area contributed by atoms with Gasteiger partial charge in [-0.3, -0.25) is 4.79 Å². The summed E-state index contributed by atoms with van der Waals surface area (Å²) in [5.74, 6) is -0.777. The molecular formula is C14H16N2O2. The summed E-state index contributed by atoms with van der Waals surface area (Å²) in [4.78, 5) is 13.0. The van der Waals surface area contributed by atoms with Gasteiger partial charge in [0.1, 0.15) is 6.07 Å². The van der Waals surface area contributed by atoms with Gasteiger partial charge in [0.25, 0.3) is 0 Å². The molecule has 0 bridgehead atoms. The van der Waals surface area contributed by atoms with Crippen LogP contribution >= 0.6 is 0 Å². The van der Waals surface area contributed by atoms with E-state index in [1.54, 1.807) is 6.07 Å². The van der Waals surface area contributed by atoms with E-state index in [4.69, 9.17) is 10.4 Å². The van der Waals surface area contributed by atoms with Crippen molar-refractivity contribution in [3.63, 3.8) is 0 Å². The molecule has 0 amide bonds. The lowest BCUT2D eigenvalue weighted by Crippen LogP contribution is -2.41. The molecule has 1 aliphatic heterocycles. The molecule has 2 rings (SSSR count). The second kappa shape index (κ2) is 5.54. The molecule has 0 aliphatic carbocycles. The number of carbonyl (C=O) groups is 1. The zero-order valence-corrected chi connectivity index (χ0v) is 10.2. The molecule has 0 aromatic heterocycles. The Balaban J connectivity index is 2.28. The summed E-state index contributed by atoms with van der Waals surface area (Å²) in [6.45, 7) is 0.830. The molecule has 18 heavy (non-hydrogen) atoms. The van der Waals surface area contributed by atoms with E-state index in [1.165, 1.54) is 0 Å². The Morgan fingerprint density at radius 3 is 2.94 bits per heavy atom. The smallest absolute Gasteiger partial charge is 0.305 e. The number of rotatable bonds is 3. The van der Waals surface area contributed by atoms with Gasteiger partial charge in [-0.05, 0) is 31.4 Å². The van der Waals surface area contributed by atoms with Crippen molar-refractivity contribution >= 4 is 11.7 Å². The molecule has 1 unspecified atom stereocenters. The fourth-order valence-corrected chi connectivity index (χ4v) is 2.55. The van der Waals surface area contributed by atoms with E-state index in [0.717, 1.165) is 31.5 Å². The minimum absolute atomic E-state index is 0.00532. The Morgan fingerprint density at radius 1 is 1.44 bits per heavy atom. The zero-order valence-electron chi connectivity index (χ0n) is 10.2. The van der Waals surface area contributed by atoms with Gasteiger partial charge in [-0.2, -0.15) is 5.26 Å². The normalized spacial score (nSPS) is 19.3. The van der Waals surface area contributed by atoms with Crippen molar-refractivity contribution in [2.24, 2.45) is 0 Å². The fraction of sp³-hybridized carbons (Fsp3) is 0.429. The molecule has 94 valence electrons. The van der Waals surface area contributed by atoms with Gasteiger partial charge in [0.05, 0.1) is 17.7 Å². The number of anilines is 1. The summed E-state index contributed by atoms with van der Waals surface area (Å²) in [6, 6.07) is 9.59. The van der Waals surface area contributed by atoms with Crippen LogP contribution in [0.15, 0.2) is 24.3 Å². The van der Waals surface area contributed by atoms with Crippen LogP contribution in [0.25, 0.3) is 0 Å². The molecule has 1 aromatic carbocycles. The van der Waals surface area contributed by atoms with E-state index >= 15 is 0 Å². The average molecular weight is 244 g/mol. The van der Waals surface area contributed by atoms with Crippen LogP contribution in [0.5, 0.6) is 0 Å². The topological polar surface area (TPSA) is 64.3 Å². The minimum Gasteiger partial charge on any atom is -0.481 e. The van der Waals surface area contributed by atoms with Crippen molar-refractivity contribution in [2.75, 3.05) is 11.4 Å². The van der Waals surface area contributed by atoms with Gasteiger partial charge in [-0.15, -0.1) is 0 Å². The number of nitriles is 1. The monoisotopic (exact) mass is 244 g/mol. The quantitative estimate of drug-likeness (QED) is 0.886. The van der Waals surface area contributed by atoms with Gasteiger partial charge in [0, 0.05) is 12.6 Å². The van der Waals surface area contributed by atoms with Crippen LogP contribution in [0.4, 0.5) is 5.69 Å². The van der Waals surface area contributed by atoms with Gasteiger partial charge >= 0.3 is 5.97 Å². The number of carboxylic acids is 1. The molecule has 1 N–H and O–H groups in total. The van der Waals surface area contributed by atoms with E-state index in [9.17, 15) is 4.79 Å². The van der Waals surface area contributed by atoms with Gasteiger partial charge in [0.15, 0.2) is 0 Å². The molecule has 0 saturated carbocycles. The van der Waals surface area contributed by atoms with Crippen molar-refractivity contribution < 1.29 is 9.90 Å². The first kappa shape index (κ1) is 12.4. The SMILES string of the molecule is N#Cc1ccccc1N1CCCCC1CC(=O)O. The maximum absolute atomic E-state index is 10.9. The van der Waals surface area contributed by atoms with Crippen LogP contribution in [-0.2, 0) is 4.79 Å². The molecule has 1 fully saturated rings. The maximum Gasteiger partial charge on any atom is 0.305 e. The van der Waals surface area contributed by atoms with Crippen LogP contribution < -0.4 is 4.90 Å². The number of hydrogen-bond acceptors (Lipinski definition) is 3. The molecule has 4 heteroatoms. The Labute approximate surface area is 106 Å². The summed E-state index contributed by atoms with van der Waals surface area (Å²) >= 11 is 0. The largest absolute Gasteiger partial charge is 0.481 e. The summed E-state index contributed by atoms with van der Waals surface area (Å²) in [6.07, 6.45) is 3.13. The number of para-hydroxylation sites is 1. The summed E-state index contributed by atoms with van der Waals surface area (Å²) < 4.78 is 0. The van der Waals surface area contributed by atoms with E-state index < -0.39 is 5.97 Å². The molecule has 1 heterocycles. The molecule has 0 radical (unpaired) electrons. The molecule has 1 atom stereocenters. The number of hydrogen-bond donors (Lipinski definition) is 1. The first-order valence-electron chi connectivity index (χ1n) is 6.20. The lowest BCUT2D eigenvalue weighted by Gasteiger charge is -2.37. The molecule has 1 aliphatic rings. The minimum atomic E-state index is -0.777. The van der Waals surface area contributed by atoms with Crippen LogP contribution in [0.3, 0.4) is 0 Å². The molecule has 1 aromatic rings. The van der Waals surface area contributed by atoms with Crippen molar-refractivity contribution in [2.45, 2.75) is 31.7 Å². The van der Waals surface area contributed by atoms with E-state index in [0.29, 0.717) is 5.56 Å². The number of nitrogens with zero attached hydrogens (tertiary/aromatic N) is 2. The van der Waals surface area contributed by atoms with Gasteiger partial charge in [-0.1, -0.05) is 12.1 Å². The highest BCUT2D eigenvalue weighted by Crippen LogP contribution is 2.28. The lowest BCUT2D eigenvalue weighted by molar-refractivity contribution is -0.137. The number of piperidine rings is 1. The highest BCUT2D eigenvalue weighted by atomic mass is 16.4. The highest BCUT2D eigenvalue weighted by molar-refractivity contribution is 5.69. The second-order valence-electron chi connectivity index (χ2n) is 4.57. The maximum atomic E-state index is 10.9. The zero-order chi connectivity index (χ0) is 13.0. The van der Waals surface area contributed by atoms with Gasteiger partial charge in [-0.25, -0.2) is 0 Å². The third-order valence-corrected chi connectivity index (χ3v) is 3.37. The Kier molecular flexibility index (Phi) is 3.83. The number of benzene rings is 1. The van der Waals surface area contributed by atoms with Gasteiger partial charge in [0.2, 0.25) is 0 Å². The summed E-state index contributed by atoms with van der Waals surface area (Å²) in [5.41, 5.74) is 1.49. The van der Waals surface area contributed by atoms with E-state index in [-0.39, 0.29) is 12.5 Å². The second-order valence-corrected chi connectivity index (χ2v) is 4.57. The summed E-state index contributed by atoms with van der Waals surface area (Å²) in [7, 11) is 0. The fourth-order valence-electron chi connectivity index (χ4n) is 2.55. The molecule has 0 spiro atoms. The lowest BCUT2D eigenvalue weighted by atomic mass is 9.97. The Bertz CT molecular complexity index is 479. The predicted octanol–water partition coefficient (Wildman–Crippen LogP) is 2.39. The number of aliphatic carboxylic acids is 1. The number of carboxylic acid groups (broad SMARTS) is 1. The highest BCUT2D eigenvalue weighted by Gasteiger charge is 2.26. The average Bonchev–Trinajstić information content (AvgIpc) is 2.39. The van der Waals surface area contributed by atoms with Crippen LogP contribution in [0, 0.1) is 11.3 Å². The first-order chi connectivity index (χ1) is 8.72. The van der Waals surface area contributed by atoms with E-state index in [2.05, 4.69) is 11.0 Å². The molecular weight excluding hydrogens is 228 g/mol. The van der Waals surface area contributed by atoms with Gasteiger partial charge < -0.3 is 10.0 Å². The van der Waals surface area contributed by atoms with Crippen molar-refractivity contribution in [1.29, 1.82) is 5.26 Å². The Hall–Kier alpha value is -2.02. The van der Waals surface area contributed by atoms with E-state index in [1.807, 2.05) is 18.2 Å². The standard InChI is InChI=1S/C14H16N2O2/c15-10-11-5-1-2-7-13(11)16-8-4-3-6-12(16)9-14(17)18/h1-2,5,7,12H,3-4,6,8-9H2,(H,17,18). The van der Waals surface area contributed by atoms with Crippen molar-refractivity contribution in [3.05, 3.63) is 29.8 Å². The Morgan fingerprint density at radius 2 is 2.22 bits per heavy atom.